The average molecular weight is 282 g/mol. The highest BCUT2D eigenvalue weighted by atomic mass is 32.2. The van der Waals surface area contributed by atoms with Crippen molar-refractivity contribution in [2.24, 2.45) is 0 Å². The Morgan fingerprint density at radius 2 is 2.05 bits per heavy atom. The number of hydrogen-bond donors (Lipinski definition) is 2. The van der Waals surface area contributed by atoms with E-state index in [4.69, 9.17) is 0 Å². The van der Waals surface area contributed by atoms with E-state index < -0.39 is 14.9 Å². The van der Waals surface area contributed by atoms with Gasteiger partial charge in [0.25, 0.3) is 15.7 Å². The Labute approximate surface area is 108 Å². The van der Waals surface area contributed by atoms with Crippen LogP contribution in [0.25, 0.3) is 0 Å². The van der Waals surface area contributed by atoms with E-state index in [0.29, 0.717) is 5.82 Å². The summed E-state index contributed by atoms with van der Waals surface area (Å²) in [5.74, 6) is 0.433. The number of nitro benzene ring substituents is 1. The fourth-order valence-corrected chi connectivity index (χ4v) is 2.50. The average Bonchev–Trinajstić information content (AvgIpc) is 2.76. The Bertz CT molecular complexity index is 723. The molecule has 1 aromatic heterocycles. The third-order valence-electron chi connectivity index (χ3n) is 2.31. The zero-order valence-corrected chi connectivity index (χ0v) is 10.6. The summed E-state index contributed by atoms with van der Waals surface area (Å²) in [4.78, 5) is 16.5. The van der Waals surface area contributed by atoms with E-state index in [1.54, 1.807) is 6.92 Å². The Hall–Kier alpha value is -2.42. The lowest BCUT2D eigenvalue weighted by atomic mass is 10.3. The molecule has 0 radical (unpaired) electrons. The number of benzene rings is 1. The number of nitrogens with zero attached hydrogens (tertiary/aromatic N) is 2. The number of sulfonamides is 1. The van der Waals surface area contributed by atoms with Gasteiger partial charge in [-0.25, -0.2) is 4.98 Å². The van der Waals surface area contributed by atoms with Crippen LogP contribution in [0.1, 0.15) is 5.82 Å². The van der Waals surface area contributed by atoms with Gasteiger partial charge in [0.1, 0.15) is 11.5 Å². The summed E-state index contributed by atoms with van der Waals surface area (Å²) in [6.07, 6.45) is 1.15. The second kappa shape index (κ2) is 4.69. The molecule has 0 saturated heterocycles. The molecule has 0 amide bonds. The Balaban J connectivity index is 2.39. The molecule has 0 spiro atoms. The van der Waals surface area contributed by atoms with Gasteiger partial charge < -0.3 is 4.98 Å². The number of nitrogens with one attached hydrogen (secondary N) is 2. The quantitative estimate of drug-likeness (QED) is 0.649. The molecular formula is C10H10N4O4S. The second-order valence-electron chi connectivity index (χ2n) is 3.71. The maximum Gasteiger partial charge on any atom is 0.293 e. The van der Waals surface area contributed by atoms with Crippen molar-refractivity contribution in [3.8, 4) is 0 Å². The van der Waals surface area contributed by atoms with Crippen LogP contribution in [0.2, 0.25) is 0 Å². The van der Waals surface area contributed by atoms with Crippen molar-refractivity contribution in [3.63, 3.8) is 0 Å². The van der Waals surface area contributed by atoms with Crippen molar-refractivity contribution in [2.75, 3.05) is 4.72 Å². The summed E-state index contributed by atoms with van der Waals surface area (Å²) in [5.41, 5.74) is -0.415. The summed E-state index contributed by atoms with van der Waals surface area (Å²) in [5, 5.41) is 10.6. The minimum absolute atomic E-state index is 0.0975. The van der Waals surface area contributed by atoms with Gasteiger partial charge in [-0.15, -0.1) is 0 Å². The molecule has 0 aliphatic rings. The molecule has 100 valence electrons. The van der Waals surface area contributed by atoms with Gasteiger partial charge in [0.05, 0.1) is 11.1 Å². The molecule has 1 aromatic carbocycles. The number of aromatic nitrogens is 2. The SMILES string of the molecule is Cc1ncc(S(=O)(=O)Nc2ccccc2[N+](=O)[O-])[nH]1. The minimum atomic E-state index is -3.92. The first kappa shape index (κ1) is 13.0. The van der Waals surface area contributed by atoms with Gasteiger partial charge in [0, 0.05) is 6.07 Å². The number of rotatable bonds is 4. The number of aromatic amines is 1. The normalized spacial score (nSPS) is 11.2. The van der Waals surface area contributed by atoms with Crippen LogP contribution in [-0.2, 0) is 10.0 Å². The van der Waals surface area contributed by atoms with E-state index in [1.165, 1.54) is 24.3 Å². The lowest BCUT2D eigenvalue weighted by Crippen LogP contribution is -2.14. The van der Waals surface area contributed by atoms with Crippen LogP contribution < -0.4 is 4.72 Å². The molecule has 0 atom stereocenters. The predicted molar refractivity (Wildman–Crippen MR) is 67.2 cm³/mol. The first-order chi connectivity index (χ1) is 8.90. The summed E-state index contributed by atoms with van der Waals surface area (Å²) in [6.45, 7) is 1.60. The van der Waals surface area contributed by atoms with E-state index in [9.17, 15) is 18.5 Å². The van der Waals surface area contributed by atoms with Crippen molar-refractivity contribution < 1.29 is 13.3 Å². The standard InChI is InChI=1S/C10H10N4O4S/c1-7-11-6-10(12-7)19(17,18)13-8-4-2-3-5-9(8)14(15)16/h2-6,13H,1H3,(H,11,12). The molecule has 19 heavy (non-hydrogen) atoms. The summed E-state index contributed by atoms with van der Waals surface area (Å²) < 4.78 is 26.1. The van der Waals surface area contributed by atoms with Crippen LogP contribution >= 0.6 is 0 Å². The van der Waals surface area contributed by atoms with E-state index >= 15 is 0 Å². The molecule has 0 bridgehead atoms. The minimum Gasteiger partial charge on any atom is -0.332 e. The van der Waals surface area contributed by atoms with E-state index in [-0.39, 0.29) is 16.4 Å². The smallest absolute Gasteiger partial charge is 0.293 e. The van der Waals surface area contributed by atoms with Crippen molar-refractivity contribution in [3.05, 3.63) is 46.4 Å². The Kier molecular flexibility index (Phi) is 3.21. The fraction of sp³-hybridized carbons (Fsp3) is 0.100. The van der Waals surface area contributed by atoms with Gasteiger partial charge in [0.2, 0.25) is 0 Å². The monoisotopic (exact) mass is 282 g/mol. The van der Waals surface area contributed by atoms with E-state index in [2.05, 4.69) is 14.7 Å². The maximum absolute atomic E-state index is 12.0. The fourth-order valence-electron chi connectivity index (χ4n) is 1.45. The van der Waals surface area contributed by atoms with Gasteiger partial charge in [-0.1, -0.05) is 12.1 Å². The summed E-state index contributed by atoms with van der Waals surface area (Å²) in [7, 11) is -3.92. The lowest BCUT2D eigenvalue weighted by molar-refractivity contribution is -0.383. The number of nitro groups is 1. The Morgan fingerprint density at radius 1 is 1.37 bits per heavy atom. The third kappa shape index (κ3) is 2.71. The van der Waals surface area contributed by atoms with E-state index in [0.717, 1.165) is 6.20 Å². The maximum atomic E-state index is 12.0. The van der Waals surface area contributed by atoms with Crippen molar-refractivity contribution >= 4 is 21.4 Å². The second-order valence-corrected chi connectivity index (χ2v) is 5.36. The third-order valence-corrected chi connectivity index (χ3v) is 3.59. The number of anilines is 1. The number of imidazole rings is 1. The predicted octanol–water partition coefficient (Wildman–Crippen LogP) is 1.43. The first-order valence-electron chi connectivity index (χ1n) is 5.18. The van der Waals surface area contributed by atoms with Crippen LogP contribution in [0.3, 0.4) is 0 Å². The van der Waals surface area contributed by atoms with Crippen LogP contribution in [0.5, 0.6) is 0 Å². The molecule has 8 nitrogen and oxygen atoms in total. The molecule has 0 unspecified atom stereocenters. The highest BCUT2D eigenvalue weighted by molar-refractivity contribution is 7.92. The van der Waals surface area contributed by atoms with Crippen molar-refractivity contribution in [1.29, 1.82) is 0 Å². The molecule has 1 heterocycles. The first-order valence-corrected chi connectivity index (χ1v) is 6.66. The summed E-state index contributed by atoms with van der Waals surface area (Å²) >= 11 is 0. The summed E-state index contributed by atoms with van der Waals surface area (Å²) in [6, 6.07) is 5.49. The molecular weight excluding hydrogens is 272 g/mol. The number of H-pyrrole nitrogens is 1. The van der Waals surface area contributed by atoms with Gasteiger partial charge >= 0.3 is 0 Å². The Morgan fingerprint density at radius 3 is 2.63 bits per heavy atom. The number of hydrogen-bond acceptors (Lipinski definition) is 5. The molecule has 2 rings (SSSR count). The number of aryl methyl sites for hydroxylation is 1. The highest BCUT2D eigenvalue weighted by Gasteiger charge is 2.21. The van der Waals surface area contributed by atoms with Gasteiger partial charge in [0.15, 0.2) is 5.03 Å². The molecule has 0 aliphatic heterocycles. The van der Waals surface area contributed by atoms with Gasteiger partial charge in [-0.3, -0.25) is 14.8 Å². The number of para-hydroxylation sites is 2. The van der Waals surface area contributed by atoms with Crippen LogP contribution in [-0.4, -0.2) is 23.3 Å². The molecule has 0 fully saturated rings. The van der Waals surface area contributed by atoms with Gasteiger partial charge in [-0.2, -0.15) is 8.42 Å². The largest absolute Gasteiger partial charge is 0.332 e. The van der Waals surface area contributed by atoms with Crippen LogP contribution in [0, 0.1) is 17.0 Å². The van der Waals surface area contributed by atoms with Crippen molar-refractivity contribution in [1.82, 2.24) is 9.97 Å². The topological polar surface area (TPSA) is 118 Å². The molecule has 2 N–H and O–H groups in total. The highest BCUT2D eigenvalue weighted by Crippen LogP contribution is 2.25. The lowest BCUT2D eigenvalue weighted by Gasteiger charge is -2.06. The molecule has 0 saturated carbocycles. The van der Waals surface area contributed by atoms with Crippen LogP contribution in [0.4, 0.5) is 11.4 Å². The molecule has 9 heteroatoms. The molecule has 0 aliphatic carbocycles. The molecule has 2 aromatic rings. The zero-order valence-electron chi connectivity index (χ0n) is 9.82. The van der Waals surface area contributed by atoms with Gasteiger partial charge in [-0.05, 0) is 13.0 Å². The zero-order chi connectivity index (χ0) is 14.0. The van der Waals surface area contributed by atoms with E-state index in [1.807, 2.05) is 0 Å². The van der Waals surface area contributed by atoms with Crippen LogP contribution in [0.15, 0.2) is 35.5 Å². The van der Waals surface area contributed by atoms with Crippen molar-refractivity contribution in [2.45, 2.75) is 11.9 Å².